The number of rotatable bonds is 8. The van der Waals surface area contributed by atoms with Gasteiger partial charge in [0.05, 0.1) is 5.02 Å². The first-order chi connectivity index (χ1) is 8.69. The van der Waals surface area contributed by atoms with Crippen LogP contribution in [-0.4, -0.2) is 0 Å². The van der Waals surface area contributed by atoms with Crippen molar-refractivity contribution >= 4 is 34.2 Å². The Labute approximate surface area is 129 Å². The van der Waals surface area contributed by atoms with Gasteiger partial charge in [0, 0.05) is 9.61 Å². The maximum atomic E-state index is 6.14. The van der Waals surface area contributed by atoms with Gasteiger partial charge in [-0.3, -0.25) is 11.3 Å². The van der Waals surface area contributed by atoms with E-state index in [2.05, 4.69) is 41.0 Å². The lowest BCUT2D eigenvalue weighted by Crippen LogP contribution is -2.28. The molecule has 0 aliphatic heterocycles. The Kier molecular flexibility index (Phi) is 8.22. The average molecular weight is 381 g/mol. The van der Waals surface area contributed by atoms with Crippen LogP contribution in [0.5, 0.6) is 0 Å². The number of hydrogen-bond acceptors (Lipinski definition) is 2. The van der Waals surface area contributed by atoms with Crippen LogP contribution in [0.25, 0.3) is 0 Å². The molecule has 0 saturated heterocycles. The zero-order chi connectivity index (χ0) is 13.4. The molecule has 1 atom stereocenters. The molecule has 2 nitrogen and oxygen atoms in total. The van der Waals surface area contributed by atoms with Crippen LogP contribution in [0.1, 0.15) is 57.1 Å². The van der Waals surface area contributed by atoms with Crippen molar-refractivity contribution in [1.29, 1.82) is 0 Å². The summed E-state index contributed by atoms with van der Waals surface area (Å²) in [6.07, 6.45) is 7.49. The van der Waals surface area contributed by atoms with E-state index in [9.17, 15) is 0 Å². The van der Waals surface area contributed by atoms with Gasteiger partial charge in [-0.15, -0.1) is 0 Å². The van der Waals surface area contributed by atoms with Gasteiger partial charge in [0.15, 0.2) is 0 Å². The summed E-state index contributed by atoms with van der Waals surface area (Å²) in [5, 5.41) is 0.805. The van der Waals surface area contributed by atoms with Crippen molar-refractivity contribution < 1.29 is 0 Å². The second kappa shape index (κ2) is 9.13. The molecule has 18 heavy (non-hydrogen) atoms. The van der Waals surface area contributed by atoms with Crippen LogP contribution >= 0.6 is 34.2 Å². The summed E-state index contributed by atoms with van der Waals surface area (Å²) >= 11 is 8.38. The van der Waals surface area contributed by atoms with E-state index in [1.165, 1.54) is 37.7 Å². The molecule has 0 saturated carbocycles. The summed E-state index contributed by atoms with van der Waals surface area (Å²) in [5.41, 5.74) is 4.07. The van der Waals surface area contributed by atoms with Crippen molar-refractivity contribution in [2.45, 2.75) is 51.5 Å². The van der Waals surface area contributed by atoms with E-state index in [0.29, 0.717) is 0 Å². The maximum Gasteiger partial charge on any atom is 0.0542 e. The Morgan fingerprint density at radius 1 is 1.28 bits per heavy atom. The molecule has 1 aromatic rings. The van der Waals surface area contributed by atoms with E-state index >= 15 is 0 Å². The molecule has 0 heterocycles. The highest BCUT2D eigenvalue weighted by molar-refractivity contribution is 14.1. The summed E-state index contributed by atoms with van der Waals surface area (Å²) in [4.78, 5) is 0. The van der Waals surface area contributed by atoms with Crippen LogP contribution in [0.3, 0.4) is 0 Å². The molecule has 0 bridgehead atoms. The second-order valence-corrected chi connectivity index (χ2v) is 6.17. The van der Waals surface area contributed by atoms with Crippen molar-refractivity contribution in [2.75, 3.05) is 0 Å². The predicted octanol–water partition coefficient (Wildman–Crippen LogP) is 4.81. The van der Waals surface area contributed by atoms with Crippen LogP contribution in [0.15, 0.2) is 18.2 Å². The van der Waals surface area contributed by atoms with E-state index in [0.717, 1.165) is 15.0 Å². The van der Waals surface area contributed by atoms with Gasteiger partial charge in [-0.2, -0.15) is 0 Å². The van der Waals surface area contributed by atoms with Crippen molar-refractivity contribution in [3.63, 3.8) is 0 Å². The minimum atomic E-state index is 0.209. The Hall–Kier alpha value is 0.160. The zero-order valence-electron chi connectivity index (χ0n) is 10.9. The summed E-state index contributed by atoms with van der Waals surface area (Å²) in [6.45, 7) is 2.23. The van der Waals surface area contributed by atoms with Crippen LogP contribution in [0, 0.1) is 3.57 Å². The Morgan fingerprint density at radius 2 is 2.00 bits per heavy atom. The molecule has 0 fully saturated rings. The van der Waals surface area contributed by atoms with Gasteiger partial charge in [-0.25, -0.2) is 0 Å². The average Bonchev–Trinajstić information content (AvgIpc) is 2.37. The molecule has 0 amide bonds. The molecule has 0 aromatic heterocycles. The topological polar surface area (TPSA) is 38.0 Å². The largest absolute Gasteiger partial charge is 0.271 e. The molecule has 1 unspecified atom stereocenters. The van der Waals surface area contributed by atoms with Gasteiger partial charge in [0.1, 0.15) is 0 Å². The molecule has 0 aliphatic rings. The first-order valence-corrected chi connectivity index (χ1v) is 8.05. The van der Waals surface area contributed by atoms with Crippen molar-refractivity contribution in [3.05, 3.63) is 32.4 Å². The number of nitrogens with one attached hydrogen (secondary N) is 1. The standard InChI is InChI=1S/C14H22ClIN2/c1-2-3-4-5-6-7-14(18-17)11-8-9-13(16)12(15)10-11/h8-10,14,18H,2-7,17H2,1H3. The first kappa shape index (κ1) is 16.2. The molecule has 0 aliphatic carbocycles. The second-order valence-electron chi connectivity index (χ2n) is 4.60. The fraction of sp³-hybridized carbons (Fsp3) is 0.571. The van der Waals surface area contributed by atoms with Crippen LogP contribution in [-0.2, 0) is 0 Å². The highest BCUT2D eigenvalue weighted by Crippen LogP contribution is 2.25. The molecule has 1 aromatic carbocycles. The summed E-state index contributed by atoms with van der Waals surface area (Å²) in [7, 11) is 0. The van der Waals surface area contributed by atoms with Gasteiger partial charge in [0.2, 0.25) is 0 Å². The quantitative estimate of drug-likeness (QED) is 0.294. The van der Waals surface area contributed by atoms with E-state index in [4.69, 9.17) is 17.4 Å². The SMILES string of the molecule is CCCCCCCC(NN)c1ccc(I)c(Cl)c1. The molecule has 102 valence electrons. The van der Waals surface area contributed by atoms with Gasteiger partial charge >= 0.3 is 0 Å². The van der Waals surface area contributed by atoms with E-state index in [1.54, 1.807) is 0 Å². The number of benzene rings is 1. The van der Waals surface area contributed by atoms with E-state index in [-0.39, 0.29) is 6.04 Å². The van der Waals surface area contributed by atoms with Crippen LogP contribution in [0.4, 0.5) is 0 Å². The fourth-order valence-corrected chi connectivity index (χ4v) is 2.55. The smallest absolute Gasteiger partial charge is 0.0542 e. The lowest BCUT2D eigenvalue weighted by atomic mass is 10.0. The first-order valence-electron chi connectivity index (χ1n) is 6.60. The van der Waals surface area contributed by atoms with Crippen LogP contribution in [0.2, 0.25) is 5.02 Å². The molecule has 4 heteroatoms. The third kappa shape index (κ3) is 5.43. The van der Waals surface area contributed by atoms with Crippen LogP contribution < -0.4 is 11.3 Å². The minimum Gasteiger partial charge on any atom is -0.271 e. The summed E-state index contributed by atoms with van der Waals surface area (Å²) in [6, 6.07) is 6.37. The summed E-state index contributed by atoms with van der Waals surface area (Å²) < 4.78 is 1.08. The summed E-state index contributed by atoms with van der Waals surface area (Å²) in [5.74, 6) is 5.64. The highest BCUT2D eigenvalue weighted by Gasteiger charge is 2.10. The normalized spacial score (nSPS) is 12.7. The number of unbranched alkanes of at least 4 members (excludes halogenated alkanes) is 4. The maximum absolute atomic E-state index is 6.14. The van der Waals surface area contributed by atoms with Gasteiger partial charge < -0.3 is 0 Å². The molecular formula is C14H22ClIN2. The molecule has 1 rings (SSSR count). The van der Waals surface area contributed by atoms with E-state index in [1.807, 2.05) is 12.1 Å². The van der Waals surface area contributed by atoms with Gasteiger partial charge in [-0.1, -0.05) is 56.7 Å². The fourth-order valence-electron chi connectivity index (χ4n) is 2.03. The predicted molar refractivity (Wildman–Crippen MR) is 87.6 cm³/mol. The van der Waals surface area contributed by atoms with Crippen molar-refractivity contribution in [3.8, 4) is 0 Å². The zero-order valence-corrected chi connectivity index (χ0v) is 13.8. The van der Waals surface area contributed by atoms with Gasteiger partial charge in [-0.05, 0) is 46.7 Å². The Balaban J connectivity index is 2.47. The number of nitrogens with two attached hydrogens (primary N) is 1. The monoisotopic (exact) mass is 380 g/mol. The third-order valence-electron chi connectivity index (χ3n) is 3.14. The van der Waals surface area contributed by atoms with Crippen molar-refractivity contribution in [1.82, 2.24) is 5.43 Å². The molecule has 0 spiro atoms. The molecule has 0 radical (unpaired) electrons. The van der Waals surface area contributed by atoms with Crippen molar-refractivity contribution in [2.24, 2.45) is 5.84 Å². The molecule has 3 N–H and O–H groups in total. The Morgan fingerprint density at radius 3 is 2.61 bits per heavy atom. The number of hydrazine groups is 1. The number of halogens is 2. The van der Waals surface area contributed by atoms with Gasteiger partial charge in [0.25, 0.3) is 0 Å². The minimum absolute atomic E-state index is 0.209. The molecular weight excluding hydrogens is 359 g/mol. The highest BCUT2D eigenvalue weighted by atomic mass is 127. The Bertz CT molecular complexity index is 358. The lowest BCUT2D eigenvalue weighted by molar-refractivity contribution is 0.479. The number of hydrogen-bond donors (Lipinski definition) is 2. The lowest BCUT2D eigenvalue weighted by Gasteiger charge is -2.16. The third-order valence-corrected chi connectivity index (χ3v) is 4.72. The van der Waals surface area contributed by atoms with E-state index < -0.39 is 0 Å².